The lowest BCUT2D eigenvalue weighted by Gasteiger charge is -2.06. The molecule has 0 aliphatic carbocycles. The van der Waals surface area contributed by atoms with E-state index >= 15 is 0 Å². The SMILES string of the molecule is FC(F)(F)c1cnc(OCc2cn(-c3ccc(C(F)(F)F)s3)nn2)nc1. The van der Waals surface area contributed by atoms with E-state index in [2.05, 4.69) is 20.3 Å². The number of ether oxygens (including phenoxy) is 1. The molecule has 3 heterocycles. The van der Waals surface area contributed by atoms with Crippen molar-refractivity contribution in [2.45, 2.75) is 19.0 Å². The highest BCUT2D eigenvalue weighted by Crippen LogP contribution is 2.35. The molecule has 0 bridgehead atoms. The summed E-state index contributed by atoms with van der Waals surface area (Å²) < 4.78 is 81.2. The average molecular weight is 395 g/mol. The van der Waals surface area contributed by atoms with E-state index in [9.17, 15) is 26.3 Å². The van der Waals surface area contributed by atoms with Crippen LogP contribution in [-0.4, -0.2) is 25.0 Å². The van der Waals surface area contributed by atoms with Crippen LogP contribution >= 0.6 is 11.3 Å². The highest BCUT2D eigenvalue weighted by atomic mass is 32.1. The molecule has 0 N–H and O–H groups in total. The van der Waals surface area contributed by atoms with Crippen LogP contribution in [0.4, 0.5) is 26.3 Å². The highest BCUT2D eigenvalue weighted by molar-refractivity contribution is 7.14. The van der Waals surface area contributed by atoms with Gasteiger partial charge in [0.15, 0.2) is 0 Å². The van der Waals surface area contributed by atoms with E-state index in [1.165, 1.54) is 12.3 Å². The summed E-state index contributed by atoms with van der Waals surface area (Å²) in [5.41, 5.74) is -0.788. The first-order valence-electron chi connectivity index (χ1n) is 6.73. The van der Waals surface area contributed by atoms with Gasteiger partial charge in [0, 0.05) is 12.4 Å². The molecule has 6 nitrogen and oxygen atoms in total. The number of nitrogens with zero attached hydrogens (tertiary/aromatic N) is 5. The van der Waals surface area contributed by atoms with E-state index in [-0.39, 0.29) is 23.3 Å². The number of alkyl halides is 6. The Morgan fingerprint density at radius 2 is 1.69 bits per heavy atom. The molecule has 0 aromatic carbocycles. The van der Waals surface area contributed by atoms with E-state index in [0.717, 1.165) is 10.7 Å². The first-order valence-corrected chi connectivity index (χ1v) is 7.55. The van der Waals surface area contributed by atoms with Gasteiger partial charge in [-0.3, -0.25) is 0 Å². The Labute approximate surface area is 145 Å². The second-order valence-corrected chi connectivity index (χ2v) is 5.89. The second-order valence-electron chi connectivity index (χ2n) is 4.83. The van der Waals surface area contributed by atoms with Gasteiger partial charge < -0.3 is 4.74 Å². The topological polar surface area (TPSA) is 65.7 Å². The monoisotopic (exact) mass is 395 g/mol. The molecule has 3 aromatic heterocycles. The normalized spacial score (nSPS) is 12.4. The summed E-state index contributed by atoms with van der Waals surface area (Å²) in [6.45, 7) is -0.219. The summed E-state index contributed by atoms with van der Waals surface area (Å²) in [5.74, 6) is 0. The average Bonchev–Trinajstić information content (AvgIpc) is 3.21. The summed E-state index contributed by atoms with van der Waals surface area (Å²) >= 11 is 0.488. The molecule has 0 radical (unpaired) electrons. The maximum absolute atomic E-state index is 12.6. The van der Waals surface area contributed by atoms with E-state index in [1.807, 2.05) is 0 Å². The lowest BCUT2D eigenvalue weighted by molar-refractivity contribution is -0.138. The number of aromatic nitrogens is 5. The Hall–Kier alpha value is -2.70. The van der Waals surface area contributed by atoms with Gasteiger partial charge in [-0.15, -0.1) is 16.4 Å². The maximum Gasteiger partial charge on any atom is 0.425 e. The molecule has 13 heteroatoms. The predicted molar refractivity (Wildman–Crippen MR) is 75.6 cm³/mol. The first-order chi connectivity index (χ1) is 12.1. The van der Waals surface area contributed by atoms with Crippen molar-refractivity contribution in [2.24, 2.45) is 0 Å². The molecule has 0 saturated heterocycles. The smallest absolute Gasteiger partial charge is 0.425 e. The van der Waals surface area contributed by atoms with Crippen LogP contribution < -0.4 is 4.74 Å². The number of halogens is 6. The van der Waals surface area contributed by atoms with Crippen molar-refractivity contribution in [2.75, 3.05) is 0 Å². The third-order valence-corrected chi connectivity index (χ3v) is 4.06. The van der Waals surface area contributed by atoms with Gasteiger partial charge in [0.2, 0.25) is 0 Å². The van der Waals surface area contributed by atoms with Gasteiger partial charge in [0.25, 0.3) is 0 Å². The lowest BCUT2D eigenvalue weighted by atomic mass is 10.3. The van der Waals surface area contributed by atoms with Crippen LogP contribution in [0, 0.1) is 0 Å². The Morgan fingerprint density at radius 3 is 2.27 bits per heavy atom. The van der Waals surface area contributed by atoms with Crippen LogP contribution in [0.5, 0.6) is 6.01 Å². The predicted octanol–water partition coefficient (Wildman–Crippen LogP) is 3.74. The van der Waals surface area contributed by atoms with Crippen molar-refractivity contribution >= 4 is 11.3 Å². The molecule has 26 heavy (non-hydrogen) atoms. The maximum atomic E-state index is 12.6. The zero-order valence-corrected chi connectivity index (χ0v) is 13.2. The Bertz CT molecular complexity index is 886. The molecule has 0 aliphatic heterocycles. The molecule has 0 amide bonds. The number of hydrogen-bond donors (Lipinski definition) is 0. The molecular formula is C13H7F6N5OS. The summed E-state index contributed by atoms with van der Waals surface area (Å²) in [6, 6.07) is 1.86. The molecule has 0 fully saturated rings. The second kappa shape index (κ2) is 6.55. The Balaban J connectivity index is 1.65. The summed E-state index contributed by atoms with van der Waals surface area (Å²) in [6.07, 6.45) is -6.53. The molecule has 0 spiro atoms. The van der Waals surface area contributed by atoms with Gasteiger partial charge in [-0.1, -0.05) is 5.21 Å². The van der Waals surface area contributed by atoms with Gasteiger partial charge in [-0.05, 0) is 12.1 Å². The van der Waals surface area contributed by atoms with E-state index in [4.69, 9.17) is 4.74 Å². The minimum absolute atomic E-state index is 0.196. The summed E-state index contributed by atoms with van der Waals surface area (Å²) in [5, 5.41) is 7.59. The number of thiophene rings is 1. The van der Waals surface area contributed by atoms with Gasteiger partial charge in [-0.25, -0.2) is 14.6 Å². The molecule has 0 aliphatic rings. The highest BCUT2D eigenvalue weighted by Gasteiger charge is 2.33. The van der Waals surface area contributed by atoms with Crippen molar-refractivity contribution < 1.29 is 31.1 Å². The van der Waals surface area contributed by atoms with E-state index < -0.39 is 22.8 Å². The minimum atomic E-state index is -4.56. The van der Waals surface area contributed by atoms with Gasteiger partial charge in [0.1, 0.15) is 22.2 Å². The Morgan fingerprint density at radius 1 is 1.00 bits per heavy atom. The van der Waals surface area contributed by atoms with E-state index in [0.29, 0.717) is 23.7 Å². The standard InChI is InChI=1S/C13H7F6N5OS/c14-12(15,16)7-3-20-11(21-4-7)25-6-8-5-24(23-22-8)10-2-1-9(26-10)13(17,18)19/h1-5H,6H2. The van der Waals surface area contributed by atoms with Crippen LogP contribution in [0.1, 0.15) is 16.1 Å². The minimum Gasteiger partial charge on any atom is -0.457 e. The fourth-order valence-corrected chi connectivity index (χ4v) is 2.55. The quantitative estimate of drug-likeness (QED) is 0.630. The van der Waals surface area contributed by atoms with Crippen LogP contribution in [0.25, 0.3) is 5.00 Å². The van der Waals surface area contributed by atoms with Crippen LogP contribution in [-0.2, 0) is 19.0 Å². The third-order valence-electron chi connectivity index (χ3n) is 2.94. The molecule has 0 atom stereocenters. The number of hydrogen-bond acceptors (Lipinski definition) is 6. The van der Waals surface area contributed by atoms with Crippen LogP contribution in [0.15, 0.2) is 30.7 Å². The number of rotatable bonds is 4. The zero-order chi connectivity index (χ0) is 18.9. The molecular weight excluding hydrogens is 388 g/mol. The van der Waals surface area contributed by atoms with Crippen molar-refractivity contribution in [3.05, 3.63) is 46.9 Å². The van der Waals surface area contributed by atoms with Gasteiger partial charge in [-0.2, -0.15) is 26.3 Å². The van der Waals surface area contributed by atoms with Gasteiger partial charge in [0.05, 0.1) is 11.8 Å². The Kier molecular flexibility index (Phi) is 4.56. The van der Waals surface area contributed by atoms with Crippen LogP contribution in [0.3, 0.4) is 0 Å². The van der Waals surface area contributed by atoms with Crippen molar-refractivity contribution in [3.8, 4) is 11.0 Å². The molecule has 0 saturated carbocycles. The van der Waals surface area contributed by atoms with E-state index in [1.54, 1.807) is 0 Å². The molecule has 138 valence electrons. The largest absolute Gasteiger partial charge is 0.457 e. The molecule has 3 rings (SSSR count). The van der Waals surface area contributed by atoms with Gasteiger partial charge >= 0.3 is 18.4 Å². The first kappa shape index (κ1) is 18.1. The molecule has 3 aromatic rings. The zero-order valence-electron chi connectivity index (χ0n) is 12.4. The fraction of sp³-hybridized carbons (Fsp3) is 0.231. The fourth-order valence-electron chi connectivity index (χ4n) is 1.75. The summed E-state index contributed by atoms with van der Waals surface area (Å²) in [4.78, 5) is 6.07. The lowest BCUT2D eigenvalue weighted by Crippen LogP contribution is -2.07. The van der Waals surface area contributed by atoms with Crippen molar-refractivity contribution in [3.63, 3.8) is 0 Å². The summed E-state index contributed by atoms with van der Waals surface area (Å²) in [7, 11) is 0. The molecule has 0 unspecified atom stereocenters. The van der Waals surface area contributed by atoms with Crippen molar-refractivity contribution in [1.29, 1.82) is 0 Å². The third kappa shape index (κ3) is 4.09. The van der Waals surface area contributed by atoms with Crippen molar-refractivity contribution in [1.82, 2.24) is 25.0 Å². The van der Waals surface area contributed by atoms with Crippen LogP contribution in [0.2, 0.25) is 0 Å².